The number of ether oxygens (including phenoxy) is 1. The van der Waals surface area contributed by atoms with E-state index < -0.39 is 0 Å². The minimum Gasteiger partial charge on any atom is -0.497 e. The van der Waals surface area contributed by atoms with Gasteiger partial charge in [0, 0.05) is 35.9 Å². The third kappa shape index (κ3) is 5.15. The minimum absolute atomic E-state index is 0.0238. The molecule has 34 heavy (non-hydrogen) atoms. The van der Waals surface area contributed by atoms with Crippen LogP contribution in [0.5, 0.6) is 5.75 Å². The van der Waals surface area contributed by atoms with Gasteiger partial charge in [0.1, 0.15) is 11.6 Å². The summed E-state index contributed by atoms with van der Waals surface area (Å²) in [6.45, 7) is 1.50. The van der Waals surface area contributed by atoms with Gasteiger partial charge in [-0.25, -0.2) is 4.39 Å². The van der Waals surface area contributed by atoms with Crippen molar-refractivity contribution in [3.8, 4) is 5.75 Å². The Morgan fingerprint density at radius 2 is 1.56 bits per heavy atom. The molecule has 0 aliphatic carbocycles. The topological polar surface area (TPSA) is 68.6 Å². The highest BCUT2D eigenvalue weighted by Crippen LogP contribution is 2.23. The minimum atomic E-state index is -0.361. The summed E-state index contributed by atoms with van der Waals surface area (Å²) >= 11 is 0. The lowest BCUT2D eigenvalue weighted by Crippen LogP contribution is -2.39. The molecule has 0 bridgehead atoms. The Morgan fingerprint density at radius 3 is 2.18 bits per heavy atom. The largest absolute Gasteiger partial charge is 0.497 e. The number of hydrogen-bond donors (Lipinski definition) is 0. The van der Waals surface area contributed by atoms with Gasteiger partial charge in [-0.2, -0.15) is 0 Å². The molecule has 0 N–H and O–H groups in total. The molecule has 1 fully saturated rings. The summed E-state index contributed by atoms with van der Waals surface area (Å²) in [6.07, 6.45) is 2.99. The molecule has 2 heterocycles. The van der Waals surface area contributed by atoms with Gasteiger partial charge in [0.05, 0.1) is 19.3 Å². The van der Waals surface area contributed by atoms with Crippen molar-refractivity contribution in [2.45, 2.75) is 12.8 Å². The Morgan fingerprint density at radius 1 is 0.941 bits per heavy atom. The van der Waals surface area contributed by atoms with Crippen LogP contribution < -0.4 is 4.74 Å². The van der Waals surface area contributed by atoms with Gasteiger partial charge < -0.3 is 9.30 Å². The number of methoxy groups -OCH3 is 1. The number of hydrogen-bond acceptors (Lipinski definition) is 5. The van der Waals surface area contributed by atoms with E-state index in [1.807, 2.05) is 4.90 Å². The van der Waals surface area contributed by atoms with Gasteiger partial charge >= 0.3 is 0 Å². The predicted octanol–water partition coefficient (Wildman–Crippen LogP) is 4.18. The Bertz CT molecular complexity index is 1190. The SMILES string of the molecule is COc1ccc(C(=O)c2cc(C(=O)CN3CCC(C(=O)c4ccc(F)cc4)CC3)cn2C)cc1. The summed E-state index contributed by atoms with van der Waals surface area (Å²) in [6, 6.07) is 14.1. The lowest BCUT2D eigenvalue weighted by atomic mass is 9.89. The standard InChI is InChI=1S/C27H27FN2O4/c1-29-16-21(15-24(29)27(33)19-5-9-23(34-2)10-6-19)25(31)17-30-13-11-20(12-14-30)26(32)18-3-7-22(28)8-4-18/h3-10,15-16,20H,11-14,17H2,1-2H3. The van der Waals surface area contributed by atoms with Crippen LogP contribution in [-0.2, 0) is 7.05 Å². The molecule has 6 nitrogen and oxygen atoms in total. The zero-order chi connectivity index (χ0) is 24.2. The van der Waals surface area contributed by atoms with Gasteiger partial charge in [-0.1, -0.05) is 0 Å². The second-order valence-electron chi connectivity index (χ2n) is 8.63. The van der Waals surface area contributed by atoms with Gasteiger partial charge in [0.15, 0.2) is 11.6 Å². The van der Waals surface area contributed by atoms with E-state index >= 15 is 0 Å². The monoisotopic (exact) mass is 462 g/mol. The molecular formula is C27H27FN2O4. The molecule has 0 unspecified atom stereocenters. The molecule has 176 valence electrons. The van der Waals surface area contributed by atoms with E-state index in [0.717, 1.165) is 0 Å². The maximum absolute atomic E-state index is 13.1. The highest BCUT2D eigenvalue weighted by atomic mass is 19.1. The number of piperidine rings is 1. The lowest BCUT2D eigenvalue weighted by molar-refractivity contribution is 0.0805. The molecule has 0 saturated carbocycles. The molecule has 7 heteroatoms. The fourth-order valence-electron chi connectivity index (χ4n) is 4.33. The first kappa shape index (κ1) is 23.6. The fourth-order valence-corrected chi connectivity index (χ4v) is 4.33. The number of nitrogens with zero attached hydrogens (tertiary/aromatic N) is 2. The van der Waals surface area contributed by atoms with E-state index in [-0.39, 0.29) is 35.6 Å². The van der Waals surface area contributed by atoms with Crippen LogP contribution in [0, 0.1) is 11.7 Å². The van der Waals surface area contributed by atoms with Gasteiger partial charge in [-0.3, -0.25) is 19.3 Å². The first-order valence-electron chi connectivity index (χ1n) is 11.3. The molecule has 0 atom stereocenters. The molecule has 4 rings (SSSR count). The van der Waals surface area contributed by atoms with Crippen LogP contribution in [0.3, 0.4) is 0 Å². The van der Waals surface area contributed by atoms with E-state index in [2.05, 4.69) is 0 Å². The van der Waals surface area contributed by atoms with Crippen molar-refractivity contribution in [2.75, 3.05) is 26.7 Å². The lowest BCUT2D eigenvalue weighted by Gasteiger charge is -2.30. The fraction of sp³-hybridized carbons (Fsp3) is 0.296. The number of Topliss-reactive ketones (excluding diaryl/α,β-unsaturated/α-hetero) is 2. The molecule has 1 aliphatic heterocycles. The van der Waals surface area contributed by atoms with E-state index in [9.17, 15) is 18.8 Å². The van der Waals surface area contributed by atoms with Gasteiger partial charge in [-0.05, 0) is 80.5 Å². The summed E-state index contributed by atoms with van der Waals surface area (Å²) in [5.41, 5.74) is 1.98. The molecule has 0 spiro atoms. The van der Waals surface area contributed by atoms with Crippen molar-refractivity contribution in [2.24, 2.45) is 13.0 Å². The van der Waals surface area contributed by atoms with Crippen molar-refractivity contribution in [3.63, 3.8) is 0 Å². The number of rotatable bonds is 8. The summed E-state index contributed by atoms with van der Waals surface area (Å²) in [7, 11) is 3.32. The zero-order valence-electron chi connectivity index (χ0n) is 19.3. The quantitative estimate of drug-likeness (QED) is 0.470. The highest BCUT2D eigenvalue weighted by molar-refractivity contribution is 6.10. The molecule has 2 aromatic carbocycles. The van der Waals surface area contributed by atoms with Crippen LogP contribution in [-0.4, -0.2) is 53.6 Å². The van der Waals surface area contributed by atoms with Crippen LogP contribution in [0.15, 0.2) is 60.8 Å². The van der Waals surface area contributed by atoms with Crippen LogP contribution in [0.4, 0.5) is 4.39 Å². The smallest absolute Gasteiger partial charge is 0.209 e. The van der Waals surface area contributed by atoms with E-state index in [0.29, 0.717) is 54.1 Å². The molecule has 1 saturated heterocycles. The van der Waals surface area contributed by atoms with Crippen molar-refractivity contribution >= 4 is 17.3 Å². The summed E-state index contributed by atoms with van der Waals surface area (Å²) < 4.78 is 19.9. The number of aromatic nitrogens is 1. The first-order chi connectivity index (χ1) is 16.4. The van der Waals surface area contributed by atoms with E-state index in [1.165, 1.54) is 24.3 Å². The number of ketones is 3. The Hall–Kier alpha value is -3.58. The number of carbonyl (C=O) groups excluding carboxylic acids is 3. The van der Waals surface area contributed by atoms with E-state index in [1.54, 1.807) is 55.3 Å². The molecular weight excluding hydrogens is 435 g/mol. The van der Waals surface area contributed by atoms with Crippen molar-refractivity contribution in [1.29, 1.82) is 0 Å². The normalized spacial score (nSPS) is 14.7. The van der Waals surface area contributed by atoms with Crippen LogP contribution in [0.25, 0.3) is 0 Å². The van der Waals surface area contributed by atoms with Gasteiger partial charge in [-0.15, -0.1) is 0 Å². The average Bonchev–Trinajstić information content (AvgIpc) is 3.26. The predicted molar refractivity (Wildman–Crippen MR) is 126 cm³/mol. The van der Waals surface area contributed by atoms with Crippen LogP contribution >= 0.6 is 0 Å². The number of benzene rings is 2. The summed E-state index contributed by atoms with van der Waals surface area (Å²) in [4.78, 5) is 40.5. The van der Waals surface area contributed by atoms with E-state index in [4.69, 9.17) is 4.74 Å². The maximum Gasteiger partial charge on any atom is 0.209 e. The molecule has 1 aromatic heterocycles. The number of likely N-dealkylation sites (tertiary alicyclic amines) is 1. The third-order valence-corrected chi connectivity index (χ3v) is 6.37. The summed E-state index contributed by atoms with van der Waals surface area (Å²) in [5, 5.41) is 0. The molecule has 0 radical (unpaired) electrons. The van der Waals surface area contributed by atoms with Gasteiger partial charge in [0.2, 0.25) is 5.78 Å². The Labute approximate surface area is 197 Å². The Balaban J connectivity index is 1.35. The first-order valence-corrected chi connectivity index (χ1v) is 11.3. The maximum atomic E-state index is 13.1. The molecule has 3 aromatic rings. The second kappa shape index (κ2) is 10.1. The Kier molecular flexibility index (Phi) is 7.03. The number of halogens is 1. The third-order valence-electron chi connectivity index (χ3n) is 6.37. The van der Waals surface area contributed by atoms with Gasteiger partial charge in [0.25, 0.3) is 0 Å². The summed E-state index contributed by atoms with van der Waals surface area (Å²) in [5.74, 6) is -0.0166. The average molecular weight is 463 g/mol. The number of aryl methyl sites for hydroxylation is 1. The van der Waals surface area contributed by atoms with Crippen molar-refractivity contribution in [1.82, 2.24) is 9.47 Å². The van der Waals surface area contributed by atoms with Crippen LogP contribution in [0.1, 0.15) is 49.6 Å². The highest BCUT2D eigenvalue weighted by Gasteiger charge is 2.27. The van der Waals surface area contributed by atoms with Crippen molar-refractivity contribution in [3.05, 3.63) is 89.0 Å². The van der Waals surface area contributed by atoms with Crippen LogP contribution in [0.2, 0.25) is 0 Å². The zero-order valence-corrected chi connectivity index (χ0v) is 19.3. The molecule has 0 amide bonds. The van der Waals surface area contributed by atoms with Crippen molar-refractivity contribution < 1.29 is 23.5 Å². The molecule has 1 aliphatic rings. The number of carbonyl (C=O) groups is 3. The second-order valence-corrected chi connectivity index (χ2v) is 8.63.